The van der Waals surface area contributed by atoms with E-state index < -0.39 is 10.8 Å². The van der Waals surface area contributed by atoms with Gasteiger partial charge in [0.2, 0.25) is 0 Å². The molecular formula is C26H17IN4O4S. The van der Waals surface area contributed by atoms with Gasteiger partial charge in [-0.2, -0.15) is 5.26 Å². The van der Waals surface area contributed by atoms with E-state index in [1.165, 1.54) is 35.6 Å². The number of carbonyl (C=O) groups excluding carboxylic acids is 1. The van der Waals surface area contributed by atoms with Crippen LogP contribution in [0.15, 0.2) is 78.2 Å². The molecule has 178 valence electrons. The van der Waals surface area contributed by atoms with Crippen molar-refractivity contribution in [2.45, 2.75) is 0 Å². The standard InChI is InChI=1S/C26H17IN4O4S/c27-20-8-6-17(7-9-20)23-16-36-26(30-23)19(14-28)12-18-13-22(31(33)34)10-11-24(18)35-15-25(32)29-21-4-2-1-3-5-21/h1-13,16H,15H2,(H,29,32)/b19-12+. The number of nitro benzene ring substituents is 1. The molecule has 0 saturated heterocycles. The first-order valence-electron chi connectivity index (χ1n) is 10.5. The van der Waals surface area contributed by atoms with Crippen molar-refractivity contribution < 1.29 is 14.5 Å². The molecule has 0 aliphatic rings. The van der Waals surface area contributed by atoms with Gasteiger partial charge in [-0.3, -0.25) is 14.9 Å². The first-order valence-corrected chi connectivity index (χ1v) is 12.5. The number of anilines is 1. The van der Waals surface area contributed by atoms with Crippen LogP contribution in [0.25, 0.3) is 22.9 Å². The summed E-state index contributed by atoms with van der Waals surface area (Å²) in [6.45, 7) is -0.316. The Labute approximate surface area is 224 Å². The van der Waals surface area contributed by atoms with Gasteiger partial charge in [0.15, 0.2) is 6.61 Å². The number of hydrogen-bond acceptors (Lipinski definition) is 7. The summed E-state index contributed by atoms with van der Waals surface area (Å²) in [5, 5.41) is 26.2. The minimum atomic E-state index is -0.534. The molecule has 0 spiro atoms. The summed E-state index contributed by atoms with van der Waals surface area (Å²) in [4.78, 5) is 27.7. The molecule has 8 nitrogen and oxygen atoms in total. The molecule has 0 radical (unpaired) electrons. The second kappa shape index (κ2) is 11.6. The van der Waals surface area contributed by atoms with Crippen molar-refractivity contribution in [2.75, 3.05) is 11.9 Å². The van der Waals surface area contributed by atoms with Crippen LogP contribution >= 0.6 is 33.9 Å². The maximum Gasteiger partial charge on any atom is 0.270 e. The molecule has 36 heavy (non-hydrogen) atoms. The smallest absolute Gasteiger partial charge is 0.270 e. The highest BCUT2D eigenvalue weighted by Crippen LogP contribution is 2.31. The molecule has 0 aliphatic carbocycles. The fourth-order valence-electron chi connectivity index (χ4n) is 3.20. The van der Waals surface area contributed by atoms with Crippen LogP contribution in [0, 0.1) is 25.0 Å². The number of benzene rings is 3. The van der Waals surface area contributed by atoms with E-state index in [4.69, 9.17) is 4.74 Å². The lowest BCUT2D eigenvalue weighted by Gasteiger charge is -2.10. The Morgan fingerprint density at radius 3 is 2.61 bits per heavy atom. The second-order valence-corrected chi connectivity index (χ2v) is 9.50. The molecular weight excluding hydrogens is 591 g/mol. The fraction of sp³-hybridized carbons (Fsp3) is 0.0385. The molecule has 0 fully saturated rings. The third-order valence-electron chi connectivity index (χ3n) is 4.92. The van der Waals surface area contributed by atoms with Crippen LogP contribution in [-0.4, -0.2) is 22.4 Å². The zero-order valence-corrected chi connectivity index (χ0v) is 21.5. The largest absolute Gasteiger partial charge is 0.483 e. The van der Waals surface area contributed by atoms with Crippen molar-refractivity contribution in [1.29, 1.82) is 5.26 Å². The fourth-order valence-corrected chi connectivity index (χ4v) is 4.36. The molecule has 0 unspecified atom stereocenters. The van der Waals surface area contributed by atoms with E-state index in [0.717, 1.165) is 14.8 Å². The molecule has 0 aliphatic heterocycles. The Bertz CT molecular complexity index is 1480. The number of rotatable bonds is 8. The predicted octanol–water partition coefficient (Wildman–Crippen LogP) is 6.40. The summed E-state index contributed by atoms with van der Waals surface area (Å²) in [5.41, 5.74) is 2.60. The molecule has 4 rings (SSSR count). The number of thiazole rings is 1. The summed E-state index contributed by atoms with van der Waals surface area (Å²) < 4.78 is 6.76. The van der Waals surface area contributed by atoms with Gasteiger partial charge in [-0.15, -0.1) is 11.3 Å². The van der Waals surface area contributed by atoms with Crippen LogP contribution in [0.4, 0.5) is 11.4 Å². The molecule has 10 heteroatoms. The molecule has 0 atom stereocenters. The van der Waals surface area contributed by atoms with Crippen LogP contribution in [-0.2, 0) is 4.79 Å². The Morgan fingerprint density at radius 2 is 1.92 bits per heavy atom. The van der Waals surface area contributed by atoms with Crippen molar-refractivity contribution in [3.8, 4) is 23.1 Å². The molecule has 1 N–H and O–H groups in total. The first kappa shape index (κ1) is 25.0. The Balaban J connectivity index is 1.60. The topological polar surface area (TPSA) is 118 Å². The van der Waals surface area contributed by atoms with Crippen molar-refractivity contribution in [3.05, 3.63) is 102 Å². The van der Waals surface area contributed by atoms with Crippen LogP contribution in [0.1, 0.15) is 10.6 Å². The summed E-state index contributed by atoms with van der Waals surface area (Å²) in [5.74, 6) is -0.164. The number of non-ortho nitro benzene ring substituents is 1. The van der Waals surface area contributed by atoms with Gasteiger partial charge in [0.1, 0.15) is 16.8 Å². The van der Waals surface area contributed by atoms with Crippen LogP contribution in [0.3, 0.4) is 0 Å². The monoisotopic (exact) mass is 608 g/mol. The van der Waals surface area contributed by atoms with Crippen molar-refractivity contribution in [2.24, 2.45) is 0 Å². The number of ether oxygens (including phenoxy) is 1. The lowest BCUT2D eigenvalue weighted by atomic mass is 10.1. The van der Waals surface area contributed by atoms with Gasteiger partial charge in [-0.05, 0) is 59.0 Å². The summed E-state index contributed by atoms with van der Waals surface area (Å²) in [6, 6.07) is 22.9. The van der Waals surface area contributed by atoms with Crippen molar-refractivity contribution in [1.82, 2.24) is 4.98 Å². The van der Waals surface area contributed by atoms with E-state index in [-0.39, 0.29) is 23.6 Å². The van der Waals surface area contributed by atoms with E-state index in [1.807, 2.05) is 35.7 Å². The van der Waals surface area contributed by atoms with Crippen LogP contribution in [0.5, 0.6) is 5.75 Å². The number of nitrogens with one attached hydrogen (secondary N) is 1. The van der Waals surface area contributed by atoms with Crippen molar-refractivity contribution in [3.63, 3.8) is 0 Å². The van der Waals surface area contributed by atoms with E-state index in [9.17, 15) is 20.2 Å². The van der Waals surface area contributed by atoms with Gasteiger partial charge >= 0.3 is 0 Å². The number of allylic oxidation sites excluding steroid dienone is 1. The highest BCUT2D eigenvalue weighted by molar-refractivity contribution is 14.1. The predicted molar refractivity (Wildman–Crippen MR) is 147 cm³/mol. The zero-order chi connectivity index (χ0) is 25.5. The maximum absolute atomic E-state index is 12.3. The molecule has 3 aromatic carbocycles. The lowest BCUT2D eigenvalue weighted by Crippen LogP contribution is -2.20. The minimum Gasteiger partial charge on any atom is -0.483 e. The van der Waals surface area contributed by atoms with Gasteiger partial charge in [0.05, 0.1) is 16.2 Å². The lowest BCUT2D eigenvalue weighted by molar-refractivity contribution is -0.384. The van der Waals surface area contributed by atoms with E-state index >= 15 is 0 Å². The number of nitrogens with zero attached hydrogens (tertiary/aromatic N) is 3. The average molecular weight is 608 g/mol. The van der Waals surface area contributed by atoms with Gasteiger partial charge in [0, 0.05) is 37.9 Å². The highest BCUT2D eigenvalue weighted by atomic mass is 127. The van der Waals surface area contributed by atoms with Crippen molar-refractivity contribution >= 4 is 62.9 Å². The van der Waals surface area contributed by atoms with Gasteiger partial charge in [-0.1, -0.05) is 30.3 Å². The summed E-state index contributed by atoms with van der Waals surface area (Å²) in [7, 11) is 0. The van der Waals surface area contributed by atoms with Gasteiger partial charge in [-0.25, -0.2) is 4.98 Å². The molecule has 0 saturated carbocycles. The molecule has 1 amide bonds. The normalized spacial score (nSPS) is 10.9. The van der Waals surface area contributed by atoms with E-state index in [0.29, 0.717) is 16.3 Å². The Morgan fingerprint density at radius 1 is 1.17 bits per heavy atom. The van der Waals surface area contributed by atoms with Gasteiger partial charge < -0.3 is 10.1 Å². The highest BCUT2D eigenvalue weighted by Gasteiger charge is 2.15. The average Bonchev–Trinajstić information content (AvgIpc) is 3.37. The Hall–Kier alpha value is -4.08. The zero-order valence-electron chi connectivity index (χ0n) is 18.6. The molecule has 0 bridgehead atoms. The number of amides is 1. The molecule has 1 aromatic heterocycles. The number of nitro groups is 1. The summed E-state index contributed by atoms with van der Waals surface area (Å²) >= 11 is 3.52. The van der Waals surface area contributed by atoms with Gasteiger partial charge in [0.25, 0.3) is 11.6 Å². The number of halogens is 1. The third kappa shape index (κ3) is 6.32. The van der Waals surface area contributed by atoms with E-state index in [1.54, 1.807) is 24.3 Å². The number of aromatic nitrogens is 1. The van der Waals surface area contributed by atoms with E-state index in [2.05, 4.69) is 39.0 Å². The maximum atomic E-state index is 12.3. The quantitative estimate of drug-likeness (QED) is 0.107. The number of para-hydroxylation sites is 1. The summed E-state index contributed by atoms with van der Waals surface area (Å²) in [6.07, 6.45) is 1.48. The Kier molecular flexibility index (Phi) is 8.04. The van der Waals surface area contributed by atoms with Crippen LogP contribution < -0.4 is 10.1 Å². The molecule has 1 heterocycles. The third-order valence-corrected chi connectivity index (χ3v) is 6.51. The molecule has 4 aromatic rings. The van der Waals surface area contributed by atoms with Crippen LogP contribution in [0.2, 0.25) is 0 Å². The number of carbonyl (C=O) groups is 1. The number of hydrogen-bond donors (Lipinski definition) is 1. The first-order chi connectivity index (χ1) is 17.4. The number of nitriles is 1. The SMILES string of the molecule is N#C/C(=C\c1cc([N+](=O)[O-])ccc1OCC(=O)Nc1ccccc1)c1nc(-c2ccc(I)cc2)cs1. The minimum absolute atomic E-state index is 0.168. The second-order valence-electron chi connectivity index (χ2n) is 7.40.